The molecule has 4 heteroatoms. The van der Waals surface area contributed by atoms with Crippen molar-refractivity contribution in [1.29, 1.82) is 5.26 Å². The topological polar surface area (TPSA) is 52.9 Å². The number of hydrogen-bond acceptors (Lipinski definition) is 2. The van der Waals surface area contributed by atoms with E-state index in [0.717, 1.165) is 29.5 Å². The normalized spacial score (nSPS) is 20.2. The highest BCUT2D eigenvalue weighted by Crippen LogP contribution is 2.33. The van der Waals surface area contributed by atoms with Gasteiger partial charge in [-0.1, -0.05) is 12.1 Å². The number of nitrogens with zero attached hydrogens (tertiary/aromatic N) is 1. The summed E-state index contributed by atoms with van der Waals surface area (Å²) in [7, 11) is -1.08. The van der Waals surface area contributed by atoms with E-state index in [1.807, 2.05) is 39.0 Å². The van der Waals surface area contributed by atoms with Crippen LogP contribution in [0.5, 0.6) is 0 Å². The zero-order chi connectivity index (χ0) is 13.3. The second kappa shape index (κ2) is 4.83. The third kappa shape index (κ3) is 2.47. The number of fused-ring (bicyclic) bond motifs is 1. The van der Waals surface area contributed by atoms with Crippen LogP contribution in [0.2, 0.25) is 0 Å². The van der Waals surface area contributed by atoms with E-state index in [1.54, 1.807) is 0 Å². The number of nitriles is 1. The number of rotatable bonds is 2. The molecule has 0 saturated carbocycles. The fraction of sp³-hybridized carbons (Fsp3) is 0.500. The van der Waals surface area contributed by atoms with Gasteiger partial charge in [0.2, 0.25) is 0 Å². The van der Waals surface area contributed by atoms with Crippen LogP contribution in [0.4, 0.5) is 0 Å². The highest BCUT2D eigenvalue weighted by Gasteiger charge is 2.29. The Morgan fingerprint density at radius 2 is 2.17 bits per heavy atom. The van der Waals surface area contributed by atoms with Gasteiger partial charge in [-0.05, 0) is 50.8 Å². The van der Waals surface area contributed by atoms with Crippen molar-refractivity contribution in [2.75, 3.05) is 0 Å². The summed E-state index contributed by atoms with van der Waals surface area (Å²) >= 11 is 0. The van der Waals surface area contributed by atoms with E-state index in [9.17, 15) is 4.21 Å². The van der Waals surface area contributed by atoms with Crippen LogP contribution < -0.4 is 4.72 Å². The van der Waals surface area contributed by atoms with E-state index in [2.05, 4.69) is 10.8 Å². The van der Waals surface area contributed by atoms with Gasteiger partial charge in [-0.3, -0.25) is 0 Å². The molecule has 0 bridgehead atoms. The van der Waals surface area contributed by atoms with E-state index >= 15 is 0 Å². The molecular formula is C14H18N2OS. The monoisotopic (exact) mass is 262 g/mol. The van der Waals surface area contributed by atoms with Gasteiger partial charge in [0.05, 0.1) is 27.4 Å². The first kappa shape index (κ1) is 13.3. The van der Waals surface area contributed by atoms with E-state index in [-0.39, 0.29) is 10.8 Å². The largest absolute Gasteiger partial charge is 0.242 e. The molecule has 0 fully saturated rings. The summed E-state index contributed by atoms with van der Waals surface area (Å²) in [5.41, 5.74) is 2.99. The summed E-state index contributed by atoms with van der Waals surface area (Å²) in [5.74, 6) is 0. The summed E-state index contributed by atoms with van der Waals surface area (Å²) in [4.78, 5) is 0. The fourth-order valence-corrected chi connectivity index (χ4v) is 3.04. The maximum atomic E-state index is 12.1. The molecule has 1 aromatic carbocycles. The molecule has 96 valence electrons. The highest BCUT2D eigenvalue weighted by atomic mass is 32.2. The molecule has 0 aliphatic heterocycles. The number of hydrogen-bond donors (Lipinski definition) is 1. The summed E-state index contributed by atoms with van der Waals surface area (Å²) in [5, 5.41) is 9.07. The Bertz CT molecular complexity index is 526. The Kier molecular flexibility index (Phi) is 3.56. The molecule has 1 aliphatic rings. The molecule has 1 aliphatic carbocycles. The molecule has 0 radical (unpaired) electrons. The van der Waals surface area contributed by atoms with Crippen LogP contribution >= 0.6 is 0 Å². The van der Waals surface area contributed by atoms with E-state index in [1.165, 1.54) is 0 Å². The van der Waals surface area contributed by atoms with Crippen molar-refractivity contribution >= 4 is 11.0 Å². The molecule has 2 rings (SSSR count). The second-order valence-corrected chi connectivity index (χ2v) is 7.57. The minimum atomic E-state index is -1.08. The Balaban J connectivity index is 2.23. The summed E-state index contributed by atoms with van der Waals surface area (Å²) in [6.45, 7) is 5.87. The maximum Gasteiger partial charge on any atom is 0.0994 e. The van der Waals surface area contributed by atoms with Gasteiger partial charge in [0, 0.05) is 6.04 Å². The molecule has 0 saturated heterocycles. The Morgan fingerprint density at radius 3 is 2.78 bits per heavy atom. The van der Waals surface area contributed by atoms with Crippen LogP contribution in [-0.2, 0) is 17.4 Å². The van der Waals surface area contributed by atoms with Gasteiger partial charge in [0.1, 0.15) is 0 Å². The first-order valence-corrected chi connectivity index (χ1v) is 7.28. The van der Waals surface area contributed by atoms with Gasteiger partial charge in [-0.25, -0.2) is 8.93 Å². The quantitative estimate of drug-likeness (QED) is 0.890. The van der Waals surface area contributed by atoms with Gasteiger partial charge in [-0.15, -0.1) is 0 Å². The third-order valence-corrected chi connectivity index (χ3v) is 4.81. The van der Waals surface area contributed by atoms with Gasteiger partial charge < -0.3 is 0 Å². The standard InChI is InChI=1S/C14H18N2OS/c1-14(2,3)18(17)16-13-8-7-11-10(9-15)5-4-6-12(11)13/h4-6,13,16H,7-8H2,1-3H3/t13-,18-/m1/s1. The van der Waals surface area contributed by atoms with Gasteiger partial charge in [0.25, 0.3) is 0 Å². The average Bonchev–Trinajstić information content (AvgIpc) is 2.71. The Morgan fingerprint density at radius 1 is 1.44 bits per heavy atom. The van der Waals surface area contributed by atoms with Crippen molar-refractivity contribution in [3.63, 3.8) is 0 Å². The van der Waals surface area contributed by atoms with Crippen LogP contribution in [0.1, 0.15) is 49.9 Å². The zero-order valence-corrected chi connectivity index (χ0v) is 11.8. The minimum Gasteiger partial charge on any atom is -0.242 e. The van der Waals surface area contributed by atoms with E-state index in [4.69, 9.17) is 5.26 Å². The van der Waals surface area contributed by atoms with E-state index < -0.39 is 11.0 Å². The van der Waals surface area contributed by atoms with Crippen LogP contribution in [0.15, 0.2) is 18.2 Å². The molecule has 0 heterocycles. The highest BCUT2D eigenvalue weighted by molar-refractivity contribution is 7.84. The van der Waals surface area contributed by atoms with E-state index in [0.29, 0.717) is 0 Å². The smallest absolute Gasteiger partial charge is 0.0994 e. The molecular weight excluding hydrogens is 244 g/mol. The van der Waals surface area contributed by atoms with Crippen molar-refractivity contribution in [2.45, 2.75) is 44.4 Å². The first-order chi connectivity index (χ1) is 8.43. The van der Waals surface area contributed by atoms with Gasteiger partial charge >= 0.3 is 0 Å². The lowest BCUT2D eigenvalue weighted by atomic mass is 10.0. The Hall–Kier alpha value is -1.18. The van der Waals surface area contributed by atoms with Crippen molar-refractivity contribution < 1.29 is 4.21 Å². The maximum absolute atomic E-state index is 12.1. The SMILES string of the molecule is CC(C)(C)[S@@](=O)N[C@@H]1CCc2c(C#N)cccc21. The molecule has 0 aromatic heterocycles. The van der Waals surface area contributed by atoms with Crippen LogP contribution in [-0.4, -0.2) is 8.96 Å². The summed E-state index contributed by atoms with van der Waals surface area (Å²) in [6.07, 6.45) is 1.80. The van der Waals surface area contributed by atoms with Crippen molar-refractivity contribution in [3.8, 4) is 6.07 Å². The lowest BCUT2D eigenvalue weighted by Gasteiger charge is -2.22. The van der Waals surface area contributed by atoms with Crippen molar-refractivity contribution in [2.24, 2.45) is 0 Å². The predicted molar refractivity (Wildman–Crippen MR) is 73.3 cm³/mol. The summed E-state index contributed by atoms with van der Waals surface area (Å²) in [6, 6.07) is 8.11. The predicted octanol–water partition coefficient (Wildman–Crippen LogP) is 2.60. The van der Waals surface area contributed by atoms with Gasteiger partial charge in [-0.2, -0.15) is 5.26 Å². The minimum absolute atomic E-state index is 0.105. The summed E-state index contributed by atoms with van der Waals surface area (Å²) < 4.78 is 15.0. The molecule has 1 aromatic rings. The second-order valence-electron chi connectivity index (χ2n) is 5.58. The van der Waals surface area contributed by atoms with Crippen LogP contribution in [0.25, 0.3) is 0 Å². The van der Waals surface area contributed by atoms with Crippen LogP contribution in [0.3, 0.4) is 0 Å². The molecule has 0 amide bonds. The Labute approximate surface area is 111 Å². The molecule has 0 unspecified atom stereocenters. The molecule has 1 N–H and O–H groups in total. The molecule has 3 nitrogen and oxygen atoms in total. The van der Waals surface area contributed by atoms with Gasteiger partial charge in [0.15, 0.2) is 0 Å². The lowest BCUT2D eigenvalue weighted by molar-refractivity contribution is 0.596. The average molecular weight is 262 g/mol. The molecule has 18 heavy (non-hydrogen) atoms. The molecule has 0 spiro atoms. The lowest BCUT2D eigenvalue weighted by Crippen LogP contribution is -2.35. The number of benzene rings is 1. The fourth-order valence-electron chi connectivity index (χ4n) is 2.19. The van der Waals surface area contributed by atoms with Crippen LogP contribution in [0, 0.1) is 11.3 Å². The first-order valence-electron chi connectivity index (χ1n) is 6.13. The third-order valence-electron chi connectivity index (χ3n) is 3.20. The van der Waals surface area contributed by atoms with Crippen molar-refractivity contribution in [3.05, 3.63) is 34.9 Å². The number of nitrogens with one attached hydrogen (secondary N) is 1. The molecule has 2 atom stereocenters. The van der Waals surface area contributed by atoms with Crippen molar-refractivity contribution in [1.82, 2.24) is 4.72 Å². The zero-order valence-electron chi connectivity index (χ0n) is 11.0.